The van der Waals surface area contributed by atoms with Crippen molar-refractivity contribution in [1.29, 1.82) is 0 Å². The quantitative estimate of drug-likeness (QED) is 0.204. The van der Waals surface area contributed by atoms with Gasteiger partial charge < -0.3 is 0 Å². The molecule has 0 aromatic heterocycles. The Morgan fingerprint density at radius 1 is 0.605 bits per heavy atom. The standard InChI is InChI=1S/C37H33P/c1-37(2,3)38-24-30-19-18-27-11-6-8-14-31(27)35(30)36-32-15-9-7-12-28(32)20-21-33(36)34(38)23-25-16-17-26-10-4-5-13-29(26)22-25/h4-22,34H,23-24H2,1-3H3/t34-,38?/m0/s1. The van der Waals surface area contributed by atoms with E-state index in [-0.39, 0.29) is 13.1 Å². The first kappa shape index (κ1) is 23.6. The van der Waals surface area contributed by atoms with Gasteiger partial charge in [-0.1, -0.05) is 144 Å². The summed E-state index contributed by atoms with van der Waals surface area (Å²) in [5.74, 6) is 0. The molecule has 6 aromatic rings. The molecule has 1 heteroatoms. The summed E-state index contributed by atoms with van der Waals surface area (Å²) in [5, 5.41) is 8.32. The third-order valence-electron chi connectivity index (χ3n) is 8.41. The predicted molar refractivity (Wildman–Crippen MR) is 168 cm³/mol. The van der Waals surface area contributed by atoms with Crippen molar-refractivity contribution in [2.45, 2.75) is 44.2 Å². The zero-order chi connectivity index (χ0) is 25.9. The second-order valence-corrected chi connectivity index (χ2v) is 15.0. The molecule has 1 heterocycles. The van der Waals surface area contributed by atoms with E-state index in [1.165, 1.54) is 60.1 Å². The van der Waals surface area contributed by atoms with Crippen molar-refractivity contribution in [3.8, 4) is 11.1 Å². The Balaban J connectivity index is 1.53. The summed E-state index contributed by atoms with van der Waals surface area (Å²) in [5.41, 5.74) is 7.91. The molecule has 38 heavy (non-hydrogen) atoms. The van der Waals surface area contributed by atoms with Crippen LogP contribution in [0.4, 0.5) is 0 Å². The lowest BCUT2D eigenvalue weighted by Crippen LogP contribution is -2.18. The van der Waals surface area contributed by atoms with Gasteiger partial charge in [0.2, 0.25) is 0 Å². The van der Waals surface area contributed by atoms with Crippen LogP contribution < -0.4 is 0 Å². The van der Waals surface area contributed by atoms with Crippen molar-refractivity contribution < 1.29 is 0 Å². The molecule has 0 N–H and O–H groups in total. The summed E-state index contributed by atoms with van der Waals surface area (Å²) in [6.07, 6.45) is 2.23. The van der Waals surface area contributed by atoms with Crippen LogP contribution in [0.2, 0.25) is 0 Å². The summed E-state index contributed by atoms with van der Waals surface area (Å²) in [4.78, 5) is 0. The number of benzene rings is 6. The Kier molecular flexibility index (Phi) is 5.64. The van der Waals surface area contributed by atoms with E-state index in [9.17, 15) is 0 Å². The van der Waals surface area contributed by atoms with Crippen LogP contribution >= 0.6 is 7.92 Å². The smallest absolute Gasteiger partial charge is 0.00962 e. The fourth-order valence-corrected chi connectivity index (χ4v) is 9.81. The van der Waals surface area contributed by atoms with Gasteiger partial charge in [0.1, 0.15) is 0 Å². The molecule has 0 radical (unpaired) electrons. The molecule has 0 nitrogen and oxygen atoms in total. The molecule has 0 bridgehead atoms. The van der Waals surface area contributed by atoms with Crippen LogP contribution in [0.1, 0.15) is 43.1 Å². The molecule has 0 amide bonds. The van der Waals surface area contributed by atoms with Gasteiger partial charge in [0.05, 0.1) is 0 Å². The highest BCUT2D eigenvalue weighted by Gasteiger charge is 2.38. The summed E-state index contributed by atoms with van der Waals surface area (Å²) in [6, 6.07) is 43.5. The van der Waals surface area contributed by atoms with Crippen molar-refractivity contribution in [1.82, 2.24) is 0 Å². The highest BCUT2D eigenvalue weighted by molar-refractivity contribution is 7.58. The first-order chi connectivity index (χ1) is 18.5. The lowest BCUT2D eigenvalue weighted by Gasteiger charge is -2.38. The van der Waals surface area contributed by atoms with E-state index in [0.29, 0.717) is 5.66 Å². The van der Waals surface area contributed by atoms with Crippen LogP contribution in [0.25, 0.3) is 43.4 Å². The molecular formula is C37H33P. The second-order valence-electron chi connectivity index (χ2n) is 11.8. The molecule has 2 atom stereocenters. The van der Waals surface area contributed by atoms with Crippen molar-refractivity contribution in [3.63, 3.8) is 0 Å². The van der Waals surface area contributed by atoms with Gasteiger partial charge in [-0.2, -0.15) is 0 Å². The molecule has 1 aliphatic heterocycles. The van der Waals surface area contributed by atoms with Crippen LogP contribution in [-0.2, 0) is 12.6 Å². The zero-order valence-electron chi connectivity index (χ0n) is 22.4. The van der Waals surface area contributed by atoms with Crippen molar-refractivity contribution in [2.24, 2.45) is 0 Å². The highest BCUT2D eigenvalue weighted by Crippen LogP contribution is 2.67. The van der Waals surface area contributed by atoms with Crippen LogP contribution in [0.5, 0.6) is 0 Å². The highest BCUT2D eigenvalue weighted by atomic mass is 31.1. The van der Waals surface area contributed by atoms with E-state index in [1.54, 1.807) is 0 Å². The van der Waals surface area contributed by atoms with Crippen molar-refractivity contribution in [2.75, 3.05) is 0 Å². The normalized spacial score (nSPS) is 17.3. The van der Waals surface area contributed by atoms with Gasteiger partial charge in [-0.05, 0) is 77.9 Å². The van der Waals surface area contributed by atoms with Gasteiger partial charge in [0, 0.05) is 5.66 Å². The van der Waals surface area contributed by atoms with Gasteiger partial charge in [-0.25, -0.2) is 0 Å². The van der Waals surface area contributed by atoms with Gasteiger partial charge in [0.25, 0.3) is 0 Å². The van der Waals surface area contributed by atoms with Crippen LogP contribution in [0.3, 0.4) is 0 Å². The average molecular weight is 509 g/mol. The van der Waals surface area contributed by atoms with Crippen molar-refractivity contribution >= 4 is 40.2 Å². The first-order valence-electron chi connectivity index (χ1n) is 13.7. The fourth-order valence-electron chi connectivity index (χ4n) is 6.56. The van der Waals surface area contributed by atoms with Crippen LogP contribution in [0, 0.1) is 0 Å². The first-order valence-corrected chi connectivity index (χ1v) is 15.3. The maximum Gasteiger partial charge on any atom is 0.00962 e. The molecule has 6 aromatic carbocycles. The van der Waals surface area contributed by atoms with E-state index in [2.05, 4.69) is 136 Å². The molecule has 1 aliphatic rings. The second kappa shape index (κ2) is 9.07. The van der Waals surface area contributed by atoms with Crippen LogP contribution in [0.15, 0.2) is 115 Å². The lowest BCUT2D eigenvalue weighted by molar-refractivity contribution is 0.753. The minimum Gasteiger partial charge on any atom is -0.0886 e. The summed E-state index contributed by atoms with van der Waals surface area (Å²) < 4.78 is 0. The number of hydrogen-bond donors (Lipinski definition) is 0. The lowest BCUT2D eigenvalue weighted by atomic mass is 9.86. The number of fused-ring (bicyclic) bond motifs is 8. The molecule has 186 valence electrons. The van der Waals surface area contributed by atoms with Gasteiger partial charge in [-0.3, -0.25) is 0 Å². The topological polar surface area (TPSA) is 0 Å². The van der Waals surface area contributed by atoms with E-state index < -0.39 is 0 Å². The Bertz CT molecular complexity index is 1820. The summed E-state index contributed by atoms with van der Waals surface area (Å²) >= 11 is 0. The van der Waals surface area contributed by atoms with E-state index in [0.717, 1.165) is 12.6 Å². The maximum absolute atomic E-state index is 2.47. The molecule has 0 fully saturated rings. The van der Waals surface area contributed by atoms with E-state index in [4.69, 9.17) is 0 Å². The minimum absolute atomic E-state index is 0.229. The fraction of sp³-hybridized carbons (Fsp3) is 0.189. The van der Waals surface area contributed by atoms with Crippen LogP contribution in [-0.4, -0.2) is 5.16 Å². The average Bonchev–Trinajstić information content (AvgIpc) is 3.08. The third kappa shape index (κ3) is 3.95. The molecule has 0 saturated heterocycles. The molecule has 1 unspecified atom stereocenters. The molecule has 0 saturated carbocycles. The van der Waals surface area contributed by atoms with E-state index in [1.807, 2.05) is 0 Å². The van der Waals surface area contributed by atoms with Gasteiger partial charge in [0.15, 0.2) is 0 Å². The minimum atomic E-state index is -0.354. The van der Waals surface area contributed by atoms with E-state index >= 15 is 0 Å². The maximum atomic E-state index is 2.47. The Morgan fingerprint density at radius 2 is 1.18 bits per heavy atom. The SMILES string of the molecule is CC(C)(C)P1Cc2ccc3ccccc3c2-c2c(ccc3ccccc23)[C@@H]1Cc1ccc2ccccc2c1. The monoisotopic (exact) mass is 508 g/mol. The molecule has 0 aliphatic carbocycles. The number of rotatable bonds is 2. The Morgan fingerprint density at radius 3 is 1.89 bits per heavy atom. The predicted octanol–water partition coefficient (Wildman–Crippen LogP) is 10.9. The molecular weight excluding hydrogens is 475 g/mol. The largest absolute Gasteiger partial charge is 0.0886 e. The molecule has 0 spiro atoms. The Hall–Kier alpha value is -3.47. The summed E-state index contributed by atoms with van der Waals surface area (Å²) in [7, 11) is -0.354. The Labute approximate surface area is 227 Å². The number of hydrogen-bond acceptors (Lipinski definition) is 0. The summed E-state index contributed by atoms with van der Waals surface area (Å²) in [6.45, 7) is 7.41. The van der Waals surface area contributed by atoms with Gasteiger partial charge >= 0.3 is 0 Å². The van der Waals surface area contributed by atoms with Gasteiger partial charge in [-0.15, -0.1) is 0 Å². The zero-order valence-corrected chi connectivity index (χ0v) is 23.3. The third-order valence-corrected chi connectivity index (χ3v) is 12.0. The molecule has 7 rings (SSSR count). The van der Waals surface area contributed by atoms with Crippen molar-refractivity contribution in [3.05, 3.63) is 132 Å².